The zero-order valence-corrected chi connectivity index (χ0v) is 16.6. The molecule has 130 valence electrons. The second-order valence-electron chi connectivity index (χ2n) is 6.45. The van der Waals surface area contributed by atoms with Crippen LogP contribution in [0.5, 0.6) is 0 Å². The van der Waals surface area contributed by atoms with Gasteiger partial charge in [0.2, 0.25) is 10.0 Å². The van der Waals surface area contributed by atoms with Gasteiger partial charge in [0.25, 0.3) is 0 Å². The van der Waals surface area contributed by atoms with Crippen LogP contribution in [0.3, 0.4) is 0 Å². The Labute approximate surface area is 149 Å². The number of carbonyl (C=O) groups is 1. The lowest BCUT2D eigenvalue weighted by atomic mass is 10.1. The number of rotatable bonds is 3. The van der Waals surface area contributed by atoms with Gasteiger partial charge in [-0.3, -0.25) is 0 Å². The van der Waals surface area contributed by atoms with Crippen LogP contribution in [0.1, 0.15) is 33.6 Å². The molecule has 6 nitrogen and oxygen atoms in total. The first-order chi connectivity index (χ1) is 10.6. The number of sulfonamides is 1. The van der Waals surface area contributed by atoms with Crippen molar-refractivity contribution in [2.24, 2.45) is 0 Å². The van der Waals surface area contributed by atoms with E-state index in [-0.39, 0.29) is 10.3 Å². The van der Waals surface area contributed by atoms with Crippen molar-refractivity contribution in [3.63, 3.8) is 0 Å². The smallest absolute Gasteiger partial charge is 0.410 e. The monoisotopic (exact) mass is 424 g/mol. The Morgan fingerprint density at radius 2 is 2.13 bits per heavy atom. The van der Waals surface area contributed by atoms with E-state index in [1.54, 1.807) is 17.0 Å². The minimum atomic E-state index is -3.56. The molecule has 1 saturated heterocycles. The average Bonchev–Trinajstić information content (AvgIpc) is 2.84. The van der Waals surface area contributed by atoms with Gasteiger partial charge in [0.1, 0.15) is 9.81 Å². The Morgan fingerprint density at radius 1 is 1.43 bits per heavy atom. The maximum atomic E-state index is 12.4. The van der Waals surface area contributed by atoms with Gasteiger partial charge in [-0.15, -0.1) is 11.3 Å². The standard InChI is InChI=1S/C14H21BrN2O4S2/c1-14(2,3)21-13(18)17-8-4-5-10(9-17)16-23(19,20)12-7-6-11(15)22-12/h6-7,10,16H,4-5,8-9H2,1-3H3. The third-order valence-electron chi connectivity index (χ3n) is 3.21. The number of thiophene rings is 1. The van der Waals surface area contributed by atoms with Gasteiger partial charge in [0, 0.05) is 19.1 Å². The lowest BCUT2D eigenvalue weighted by Gasteiger charge is -2.34. The van der Waals surface area contributed by atoms with E-state index in [2.05, 4.69) is 20.7 Å². The summed E-state index contributed by atoms with van der Waals surface area (Å²) >= 11 is 4.42. The number of likely N-dealkylation sites (tertiary alicyclic amines) is 1. The summed E-state index contributed by atoms with van der Waals surface area (Å²) in [6.45, 7) is 6.33. The predicted octanol–water partition coefficient (Wildman–Crippen LogP) is 3.19. The number of hydrogen-bond acceptors (Lipinski definition) is 5. The predicted molar refractivity (Wildman–Crippen MR) is 93.2 cm³/mol. The van der Waals surface area contributed by atoms with Crippen molar-refractivity contribution in [2.75, 3.05) is 13.1 Å². The van der Waals surface area contributed by atoms with Gasteiger partial charge in [-0.1, -0.05) is 0 Å². The summed E-state index contributed by atoms with van der Waals surface area (Å²) in [5.41, 5.74) is -0.563. The van der Waals surface area contributed by atoms with Crippen molar-refractivity contribution in [2.45, 2.75) is 49.5 Å². The summed E-state index contributed by atoms with van der Waals surface area (Å²) in [5.74, 6) is 0. The van der Waals surface area contributed by atoms with E-state index >= 15 is 0 Å². The van der Waals surface area contributed by atoms with Crippen molar-refractivity contribution in [1.29, 1.82) is 0 Å². The van der Waals surface area contributed by atoms with Crippen LogP contribution in [-0.4, -0.2) is 44.1 Å². The van der Waals surface area contributed by atoms with Crippen LogP contribution in [0.25, 0.3) is 0 Å². The Bertz CT molecular complexity index is 667. The van der Waals surface area contributed by atoms with Gasteiger partial charge in [0.15, 0.2) is 0 Å². The highest BCUT2D eigenvalue weighted by Gasteiger charge is 2.30. The van der Waals surface area contributed by atoms with Crippen LogP contribution in [-0.2, 0) is 14.8 Å². The molecule has 1 amide bonds. The molecule has 0 spiro atoms. The molecule has 23 heavy (non-hydrogen) atoms. The molecule has 9 heteroatoms. The number of carbonyl (C=O) groups excluding carboxylic acids is 1. The number of ether oxygens (including phenoxy) is 1. The Hall–Kier alpha value is -0.640. The van der Waals surface area contributed by atoms with Crippen molar-refractivity contribution in [3.8, 4) is 0 Å². The lowest BCUT2D eigenvalue weighted by Crippen LogP contribution is -2.50. The molecule has 1 aromatic rings. The molecule has 1 aromatic heterocycles. The Kier molecular flexibility index (Phi) is 5.76. The molecule has 0 aromatic carbocycles. The number of halogens is 1. The largest absolute Gasteiger partial charge is 0.444 e. The highest BCUT2D eigenvalue weighted by Crippen LogP contribution is 2.26. The van der Waals surface area contributed by atoms with E-state index < -0.39 is 21.7 Å². The van der Waals surface area contributed by atoms with Gasteiger partial charge in [-0.2, -0.15) is 0 Å². The summed E-state index contributed by atoms with van der Waals surface area (Å²) in [5, 5.41) is 0. The van der Waals surface area contributed by atoms with Crippen molar-refractivity contribution in [1.82, 2.24) is 9.62 Å². The average molecular weight is 425 g/mol. The summed E-state index contributed by atoms with van der Waals surface area (Å²) in [6.07, 6.45) is 1.03. The Balaban J connectivity index is 2.00. The maximum absolute atomic E-state index is 12.4. The molecule has 2 rings (SSSR count). The van der Waals surface area contributed by atoms with Gasteiger partial charge < -0.3 is 9.64 Å². The molecule has 1 aliphatic rings. The third-order valence-corrected chi connectivity index (χ3v) is 6.84. The second kappa shape index (κ2) is 7.08. The molecule has 1 unspecified atom stereocenters. The van der Waals surface area contributed by atoms with Crippen LogP contribution in [0.15, 0.2) is 20.1 Å². The molecule has 1 aliphatic heterocycles. The molecule has 1 atom stereocenters. The SMILES string of the molecule is CC(C)(C)OC(=O)N1CCCC(NS(=O)(=O)c2ccc(Br)s2)C1. The van der Waals surface area contributed by atoms with E-state index in [1.165, 1.54) is 0 Å². The van der Waals surface area contributed by atoms with Crippen molar-refractivity contribution < 1.29 is 17.9 Å². The molecule has 1 fully saturated rings. The molecule has 0 aliphatic carbocycles. The number of piperidine rings is 1. The zero-order valence-electron chi connectivity index (χ0n) is 13.3. The highest BCUT2D eigenvalue weighted by molar-refractivity contribution is 9.11. The lowest BCUT2D eigenvalue weighted by molar-refractivity contribution is 0.0195. The van der Waals surface area contributed by atoms with Crippen molar-refractivity contribution in [3.05, 3.63) is 15.9 Å². The molecule has 0 radical (unpaired) electrons. The van der Waals surface area contributed by atoms with Crippen molar-refractivity contribution >= 4 is 43.4 Å². The van der Waals surface area contributed by atoms with Gasteiger partial charge in [-0.25, -0.2) is 17.9 Å². The fourth-order valence-electron chi connectivity index (χ4n) is 2.29. The van der Waals surface area contributed by atoms with Gasteiger partial charge in [0.05, 0.1) is 3.79 Å². The number of hydrogen-bond donors (Lipinski definition) is 1. The maximum Gasteiger partial charge on any atom is 0.410 e. The molecular weight excluding hydrogens is 404 g/mol. The summed E-state index contributed by atoms with van der Waals surface area (Å²) in [4.78, 5) is 13.7. The number of nitrogens with zero attached hydrogens (tertiary/aromatic N) is 1. The number of nitrogens with one attached hydrogen (secondary N) is 1. The first-order valence-electron chi connectivity index (χ1n) is 7.32. The molecule has 0 bridgehead atoms. The third kappa shape index (κ3) is 5.44. The summed E-state index contributed by atoms with van der Waals surface area (Å²) < 4.78 is 33.8. The van der Waals surface area contributed by atoms with Crippen LogP contribution in [0.4, 0.5) is 4.79 Å². The quantitative estimate of drug-likeness (QED) is 0.807. The zero-order chi connectivity index (χ0) is 17.3. The number of amides is 1. The van der Waals surface area contributed by atoms with E-state index in [0.29, 0.717) is 19.5 Å². The molecule has 0 saturated carbocycles. The first-order valence-corrected chi connectivity index (χ1v) is 10.4. The summed E-state index contributed by atoms with van der Waals surface area (Å²) in [7, 11) is -3.56. The molecule has 2 heterocycles. The topological polar surface area (TPSA) is 75.7 Å². The minimum Gasteiger partial charge on any atom is -0.444 e. The highest BCUT2D eigenvalue weighted by atomic mass is 79.9. The van der Waals surface area contributed by atoms with Gasteiger partial charge >= 0.3 is 6.09 Å². The summed E-state index contributed by atoms with van der Waals surface area (Å²) in [6, 6.07) is 2.96. The van der Waals surface area contributed by atoms with Crippen LogP contribution in [0.2, 0.25) is 0 Å². The minimum absolute atomic E-state index is 0.263. The van der Waals surface area contributed by atoms with E-state index in [0.717, 1.165) is 21.5 Å². The van der Waals surface area contributed by atoms with Crippen LogP contribution >= 0.6 is 27.3 Å². The molecule has 1 N–H and O–H groups in total. The van der Waals surface area contributed by atoms with Gasteiger partial charge in [-0.05, 0) is 61.7 Å². The molecular formula is C14H21BrN2O4S2. The van der Waals surface area contributed by atoms with E-state index in [1.807, 2.05) is 20.8 Å². The first kappa shape index (κ1) is 18.7. The van der Waals surface area contributed by atoms with E-state index in [9.17, 15) is 13.2 Å². The van der Waals surface area contributed by atoms with E-state index in [4.69, 9.17) is 4.74 Å². The van der Waals surface area contributed by atoms with Crippen LogP contribution < -0.4 is 4.72 Å². The normalized spacial score (nSPS) is 19.7. The van der Waals surface area contributed by atoms with Crippen LogP contribution in [0, 0.1) is 0 Å². The Morgan fingerprint density at radius 3 is 2.70 bits per heavy atom. The second-order valence-corrected chi connectivity index (χ2v) is 10.8. The fraction of sp³-hybridized carbons (Fsp3) is 0.643. The fourth-order valence-corrected chi connectivity index (χ4v) is 5.57.